The van der Waals surface area contributed by atoms with E-state index in [1.807, 2.05) is 24.3 Å². The van der Waals surface area contributed by atoms with E-state index in [-0.39, 0.29) is 10.7 Å². The number of thiocarbonyl (C=S) groups is 1. The van der Waals surface area contributed by atoms with Gasteiger partial charge in [0.15, 0.2) is 0 Å². The molecule has 2 aliphatic heterocycles. The zero-order chi connectivity index (χ0) is 23.4. The second kappa shape index (κ2) is 9.66. The Morgan fingerprint density at radius 1 is 0.939 bits per heavy atom. The molecule has 0 amide bonds. The largest absolute Gasteiger partial charge is 0.496 e. The molecule has 2 aliphatic rings. The van der Waals surface area contributed by atoms with Gasteiger partial charge in [-0.25, -0.2) is 17.9 Å². The highest BCUT2D eigenvalue weighted by atomic mass is 32.2. The third kappa shape index (κ3) is 5.36. The van der Waals surface area contributed by atoms with Crippen LogP contribution in [0.2, 0.25) is 0 Å². The predicted molar refractivity (Wildman–Crippen MR) is 129 cm³/mol. The molecule has 0 aromatic heterocycles. The van der Waals surface area contributed by atoms with Gasteiger partial charge in [0.1, 0.15) is 23.9 Å². The summed E-state index contributed by atoms with van der Waals surface area (Å²) < 4.78 is 48.3. The lowest BCUT2D eigenvalue weighted by Gasteiger charge is -2.24. The molecule has 5 rings (SSSR count). The van der Waals surface area contributed by atoms with Crippen LogP contribution in [0.1, 0.15) is 16.7 Å². The Hall–Kier alpha value is -3.33. The average molecular weight is 482 g/mol. The van der Waals surface area contributed by atoms with E-state index < -0.39 is 10.0 Å². The second-order valence-electron chi connectivity index (χ2n) is 7.32. The van der Waals surface area contributed by atoms with Crippen LogP contribution in [0.4, 0.5) is 4.39 Å². The molecular formula is C25H20FNO4S2. The SMILES string of the molecule is NS(=O)(=O)c1ccc(C2=C(c3ccccc3F)Cc3ccccc3O2)cc1.S=C1C=COC1. The summed E-state index contributed by atoms with van der Waals surface area (Å²) in [7, 11) is -3.79. The first-order valence-corrected chi connectivity index (χ1v) is 12.0. The first-order chi connectivity index (χ1) is 15.8. The van der Waals surface area contributed by atoms with Gasteiger partial charge in [0.05, 0.1) is 16.0 Å². The van der Waals surface area contributed by atoms with E-state index in [0.29, 0.717) is 41.2 Å². The molecule has 0 unspecified atom stereocenters. The fraction of sp³-hybridized carbons (Fsp3) is 0.0800. The molecule has 33 heavy (non-hydrogen) atoms. The van der Waals surface area contributed by atoms with E-state index in [9.17, 15) is 12.8 Å². The number of sulfonamides is 1. The number of rotatable bonds is 3. The first-order valence-electron chi connectivity index (χ1n) is 10.0. The molecule has 0 fully saturated rings. The zero-order valence-corrected chi connectivity index (χ0v) is 19.0. The molecule has 5 nitrogen and oxygen atoms in total. The molecule has 168 valence electrons. The van der Waals surface area contributed by atoms with Gasteiger partial charge in [-0.1, -0.05) is 48.6 Å². The lowest BCUT2D eigenvalue weighted by atomic mass is 9.92. The number of primary sulfonamides is 1. The van der Waals surface area contributed by atoms with Crippen molar-refractivity contribution in [3.63, 3.8) is 0 Å². The maximum Gasteiger partial charge on any atom is 0.238 e. The number of hydrogen-bond donors (Lipinski definition) is 1. The van der Waals surface area contributed by atoms with Crippen molar-refractivity contribution >= 4 is 38.4 Å². The average Bonchev–Trinajstić information content (AvgIpc) is 3.29. The molecule has 2 N–H and O–H groups in total. The van der Waals surface area contributed by atoms with Crippen molar-refractivity contribution in [3.05, 3.63) is 108 Å². The number of ether oxygens (including phenoxy) is 2. The number of nitrogens with two attached hydrogens (primary N) is 1. The van der Waals surface area contributed by atoms with Crippen LogP contribution < -0.4 is 9.88 Å². The lowest BCUT2D eigenvalue weighted by molar-refractivity contribution is 0.317. The summed E-state index contributed by atoms with van der Waals surface area (Å²) in [6, 6.07) is 20.2. The molecule has 0 saturated heterocycles. The first kappa shape index (κ1) is 22.8. The van der Waals surface area contributed by atoms with Crippen molar-refractivity contribution in [3.8, 4) is 5.75 Å². The number of allylic oxidation sites excluding steroid dienone is 1. The molecule has 0 bridgehead atoms. The quantitative estimate of drug-likeness (QED) is 0.540. The maximum atomic E-state index is 14.5. The van der Waals surface area contributed by atoms with Crippen LogP contribution >= 0.6 is 12.2 Å². The van der Waals surface area contributed by atoms with Crippen LogP contribution in [-0.4, -0.2) is 19.9 Å². The molecule has 3 aromatic rings. The predicted octanol–water partition coefficient (Wildman–Crippen LogP) is 4.88. The Balaban J connectivity index is 0.000000376. The smallest absolute Gasteiger partial charge is 0.238 e. The third-order valence-corrected chi connectivity index (χ3v) is 6.23. The molecule has 0 atom stereocenters. The van der Waals surface area contributed by atoms with E-state index in [4.69, 9.17) is 26.8 Å². The maximum absolute atomic E-state index is 14.5. The number of fused-ring (bicyclic) bond motifs is 1. The van der Waals surface area contributed by atoms with Crippen molar-refractivity contribution in [2.24, 2.45) is 5.14 Å². The van der Waals surface area contributed by atoms with E-state index >= 15 is 0 Å². The van der Waals surface area contributed by atoms with Crippen LogP contribution in [0.25, 0.3) is 11.3 Å². The molecule has 0 radical (unpaired) electrons. The van der Waals surface area contributed by atoms with Gasteiger partial charge in [-0.2, -0.15) is 0 Å². The third-order valence-electron chi connectivity index (χ3n) is 5.05. The number of benzene rings is 3. The standard InChI is InChI=1S/C21H16FNO3S.C4H4OS/c22-19-7-3-2-6-17(19)18-13-15-5-1-4-8-20(15)26-21(18)14-9-11-16(12-10-14)27(23,24)25;6-4-1-2-5-3-4/h1-12H,13H2,(H2,23,24,25);1-2H,3H2. The number of para-hydroxylation sites is 1. The summed E-state index contributed by atoms with van der Waals surface area (Å²) >= 11 is 4.71. The Labute approximate surface area is 197 Å². The van der Waals surface area contributed by atoms with Gasteiger partial charge in [0, 0.05) is 23.1 Å². The van der Waals surface area contributed by atoms with Gasteiger partial charge in [-0.15, -0.1) is 0 Å². The van der Waals surface area contributed by atoms with Crippen molar-refractivity contribution in [1.82, 2.24) is 0 Å². The van der Waals surface area contributed by atoms with Crippen LogP contribution in [-0.2, 0) is 21.2 Å². The lowest BCUT2D eigenvalue weighted by Crippen LogP contribution is -2.13. The highest BCUT2D eigenvalue weighted by Crippen LogP contribution is 2.39. The van der Waals surface area contributed by atoms with Crippen molar-refractivity contribution in [2.75, 3.05) is 6.61 Å². The van der Waals surface area contributed by atoms with Crippen molar-refractivity contribution < 1.29 is 22.3 Å². The van der Waals surface area contributed by atoms with Crippen molar-refractivity contribution in [2.45, 2.75) is 11.3 Å². The molecule has 0 aliphatic carbocycles. The van der Waals surface area contributed by atoms with Gasteiger partial charge in [-0.3, -0.25) is 0 Å². The normalized spacial score (nSPS) is 14.7. The van der Waals surface area contributed by atoms with Crippen LogP contribution in [0.5, 0.6) is 5.75 Å². The minimum Gasteiger partial charge on any atom is -0.496 e. The van der Waals surface area contributed by atoms with Gasteiger partial charge in [0.25, 0.3) is 0 Å². The molecule has 2 heterocycles. The Bertz CT molecular complexity index is 1360. The van der Waals surface area contributed by atoms with Crippen LogP contribution in [0.15, 0.2) is 90.0 Å². The molecule has 0 saturated carbocycles. The minimum absolute atomic E-state index is 0.00972. The van der Waals surface area contributed by atoms with Crippen molar-refractivity contribution in [1.29, 1.82) is 0 Å². The molecular weight excluding hydrogens is 461 g/mol. The Morgan fingerprint density at radius 3 is 2.24 bits per heavy atom. The van der Waals surface area contributed by atoms with E-state index in [1.165, 1.54) is 18.2 Å². The molecule has 3 aromatic carbocycles. The fourth-order valence-electron chi connectivity index (χ4n) is 3.45. The van der Waals surface area contributed by atoms with Gasteiger partial charge >= 0.3 is 0 Å². The Kier molecular flexibility index (Phi) is 6.69. The summed E-state index contributed by atoms with van der Waals surface area (Å²) in [6.07, 6.45) is 3.90. The highest BCUT2D eigenvalue weighted by Gasteiger charge is 2.24. The molecule has 8 heteroatoms. The zero-order valence-electron chi connectivity index (χ0n) is 17.4. The number of hydrogen-bond acceptors (Lipinski definition) is 5. The minimum atomic E-state index is -3.79. The molecule has 0 spiro atoms. The summed E-state index contributed by atoms with van der Waals surface area (Å²) in [6.45, 7) is 0.606. The second-order valence-corrected chi connectivity index (χ2v) is 9.41. The van der Waals surface area contributed by atoms with E-state index in [1.54, 1.807) is 42.7 Å². The van der Waals surface area contributed by atoms with Crippen LogP contribution in [0, 0.1) is 5.82 Å². The summed E-state index contributed by atoms with van der Waals surface area (Å²) in [4.78, 5) is 0.894. The van der Waals surface area contributed by atoms with Gasteiger partial charge < -0.3 is 9.47 Å². The topological polar surface area (TPSA) is 78.6 Å². The fourth-order valence-corrected chi connectivity index (χ4v) is 4.09. The van der Waals surface area contributed by atoms with E-state index in [2.05, 4.69) is 0 Å². The van der Waals surface area contributed by atoms with E-state index in [0.717, 1.165) is 10.4 Å². The van der Waals surface area contributed by atoms with Gasteiger partial charge in [-0.05, 0) is 48.0 Å². The monoisotopic (exact) mass is 481 g/mol. The summed E-state index contributed by atoms with van der Waals surface area (Å²) in [5.41, 5.74) is 2.77. The summed E-state index contributed by atoms with van der Waals surface area (Å²) in [5, 5.41) is 5.17. The number of halogens is 1. The van der Waals surface area contributed by atoms with Crippen LogP contribution in [0.3, 0.4) is 0 Å². The summed E-state index contributed by atoms with van der Waals surface area (Å²) in [5.74, 6) is 0.858. The highest BCUT2D eigenvalue weighted by molar-refractivity contribution is 7.89. The van der Waals surface area contributed by atoms with Gasteiger partial charge in [0.2, 0.25) is 10.0 Å². The Morgan fingerprint density at radius 2 is 1.64 bits per heavy atom.